The molecule has 1 aromatic carbocycles. The van der Waals surface area contributed by atoms with Crippen molar-refractivity contribution in [2.45, 2.75) is 71.1 Å². The van der Waals surface area contributed by atoms with E-state index < -0.39 is 73.5 Å². The van der Waals surface area contributed by atoms with Crippen LogP contribution in [0.15, 0.2) is 40.1 Å². The number of para-hydroxylation sites is 1. The van der Waals surface area contributed by atoms with Crippen molar-refractivity contribution in [1.82, 2.24) is 14.6 Å². The second-order valence-electron chi connectivity index (χ2n) is 10.3. The van der Waals surface area contributed by atoms with E-state index in [9.17, 15) is 28.8 Å². The fraction of sp³-hybridized carbons (Fsp3) is 0.538. The fourth-order valence-electron chi connectivity index (χ4n) is 4.63. The molecule has 1 saturated carbocycles. The number of rotatable bonds is 12. The maximum Gasteiger partial charge on any atom is 0.459 e. The van der Waals surface area contributed by atoms with Crippen LogP contribution in [0.5, 0.6) is 5.75 Å². The first-order chi connectivity index (χ1) is 19.8. The average molecular weight is 721 g/mol. The van der Waals surface area contributed by atoms with Crippen LogP contribution in [0.25, 0.3) is 0 Å². The number of esters is 2. The molecule has 2 fully saturated rings. The van der Waals surface area contributed by atoms with Gasteiger partial charge in [0.25, 0.3) is 5.56 Å². The quantitative estimate of drug-likeness (QED) is 0.166. The number of nitrogens with zero attached hydrogens (tertiary/aromatic N) is 1. The predicted octanol–water partition coefficient (Wildman–Crippen LogP) is 2.49. The maximum atomic E-state index is 14.1. The standard InChI is InChI=1S/C26H33IN3O11P/c1-5-37-23(34)16-8-6-7-9-18(16)41-42(36,29-15(4)22(33)39-14(2)3)38-13-19-20(31)26(10-11-26)24(40-19)30-12-17(27)21(32)28-25(30)35/h6-9,12,14-15,19-20,24,31H,5,10-11,13H2,1-4H3,(H,29,36)(H,28,32,35)/t15-,19+,20+,24+,42?/m0/s1. The van der Waals surface area contributed by atoms with Gasteiger partial charge in [0.05, 0.1) is 29.0 Å². The van der Waals surface area contributed by atoms with Crippen LogP contribution in [0.4, 0.5) is 0 Å². The first kappa shape index (κ1) is 32.4. The van der Waals surface area contributed by atoms with Crippen molar-refractivity contribution in [3.8, 4) is 5.75 Å². The molecule has 2 aliphatic rings. The Balaban J connectivity index is 1.59. The molecule has 1 aromatic heterocycles. The summed E-state index contributed by atoms with van der Waals surface area (Å²) in [5.74, 6) is -1.58. The third kappa shape index (κ3) is 6.97. The van der Waals surface area contributed by atoms with Gasteiger partial charge < -0.3 is 23.8 Å². The van der Waals surface area contributed by atoms with E-state index >= 15 is 0 Å². The lowest BCUT2D eigenvalue weighted by molar-refractivity contribution is -0.149. The van der Waals surface area contributed by atoms with Crippen molar-refractivity contribution >= 4 is 42.3 Å². The Labute approximate surface area is 254 Å². The van der Waals surface area contributed by atoms with Gasteiger partial charge >= 0.3 is 25.4 Å². The molecule has 3 N–H and O–H groups in total. The van der Waals surface area contributed by atoms with Crippen LogP contribution in [-0.4, -0.2) is 64.2 Å². The molecule has 0 amide bonds. The van der Waals surface area contributed by atoms with E-state index in [2.05, 4.69) is 10.1 Å². The molecular weight excluding hydrogens is 688 g/mol. The summed E-state index contributed by atoms with van der Waals surface area (Å²) in [5.41, 5.74) is -2.09. The second-order valence-corrected chi connectivity index (χ2v) is 13.1. The zero-order valence-electron chi connectivity index (χ0n) is 23.4. The van der Waals surface area contributed by atoms with Crippen molar-refractivity contribution in [2.24, 2.45) is 5.41 Å². The summed E-state index contributed by atoms with van der Waals surface area (Å²) in [4.78, 5) is 51.7. The summed E-state index contributed by atoms with van der Waals surface area (Å²) in [5, 5.41) is 13.7. The summed E-state index contributed by atoms with van der Waals surface area (Å²) < 4.78 is 43.3. The van der Waals surface area contributed by atoms with Gasteiger partial charge in [-0.05, 0) is 75.3 Å². The van der Waals surface area contributed by atoms with Crippen molar-refractivity contribution < 1.29 is 42.5 Å². The van der Waals surface area contributed by atoms with Gasteiger partial charge in [0.2, 0.25) is 0 Å². The molecule has 2 heterocycles. The largest absolute Gasteiger partial charge is 0.462 e. The number of aromatic nitrogens is 2. The van der Waals surface area contributed by atoms with Gasteiger partial charge in [-0.2, -0.15) is 5.09 Å². The minimum atomic E-state index is -4.46. The highest BCUT2D eigenvalue weighted by Crippen LogP contribution is 2.62. The number of ether oxygens (including phenoxy) is 3. The Kier molecular flexibility index (Phi) is 10.00. The topological polar surface area (TPSA) is 184 Å². The predicted molar refractivity (Wildman–Crippen MR) is 156 cm³/mol. The molecular formula is C26H33IN3O11P. The van der Waals surface area contributed by atoms with E-state index in [1.54, 1.807) is 55.5 Å². The number of nitrogens with one attached hydrogen (secondary N) is 2. The first-order valence-corrected chi connectivity index (χ1v) is 16.0. The van der Waals surface area contributed by atoms with E-state index in [0.717, 1.165) is 0 Å². The second kappa shape index (κ2) is 13.0. The number of carbonyl (C=O) groups is 2. The Morgan fingerprint density at radius 2 is 1.95 bits per heavy atom. The molecule has 14 nitrogen and oxygen atoms in total. The average Bonchev–Trinajstić information content (AvgIpc) is 3.67. The Morgan fingerprint density at radius 3 is 2.60 bits per heavy atom. The Bertz CT molecular complexity index is 1490. The highest BCUT2D eigenvalue weighted by Gasteiger charge is 2.64. The number of carbonyl (C=O) groups excluding carboxylic acids is 2. The molecule has 16 heteroatoms. The van der Waals surface area contributed by atoms with Gasteiger partial charge in [-0.3, -0.25) is 23.7 Å². The molecule has 42 heavy (non-hydrogen) atoms. The molecule has 0 radical (unpaired) electrons. The van der Waals surface area contributed by atoms with Gasteiger partial charge in [0.15, 0.2) is 0 Å². The van der Waals surface area contributed by atoms with Crippen LogP contribution in [0.2, 0.25) is 0 Å². The monoisotopic (exact) mass is 721 g/mol. The van der Waals surface area contributed by atoms with Crippen LogP contribution in [0, 0.1) is 8.99 Å². The third-order valence-electron chi connectivity index (χ3n) is 6.81. The number of hydrogen-bond donors (Lipinski definition) is 3. The number of halogens is 1. The van der Waals surface area contributed by atoms with Crippen LogP contribution in [0.1, 0.15) is 57.1 Å². The minimum Gasteiger partial charge on any atom is -0.462 e. The Hall–Kier alpha value is -2.56. The zero-order valence-corrected chi connectivity index (χ0v) is 26.5. The lowest BCUT2D eigenvalue weighted by Crippen LogP contribution is -2.38. The molecule has 1 unspecified atom stereocenters. The molecule has 5 atom stereocenters. The number of H-pyrrole nitrogens is 1. The van der Waals surface area contributed by atoms with E-state index in [-0.39, 0.29) is 21.5 Å². The first-order valence-electron chi connectivity index (χ1n) is 13.3. The summed E-state index contributed by atoms with van der Waals surface area (Å²) in [6.45, 7) is 5.96. The number of aliphatic hydroxyl groups is 1. The molecule has 2 aromatic rings. The number of benzene rings is 1. The molecule has 1 aliphatic carbocycles. The SMILES string of the molecule is CCOC(=O)c1ccccc1OP(=O)(N[C@@H](C)C(=O)OC(C)C)OC[C@H]1O[C@@H](n2cc(I)c(=O)[nH]c2=O)C2(CC2)[C@@H]1O. The lowest BCUT2D eigenvalue weighted by Gasteiger charge is -2.25. The van der Waals surface area contributed by atoms with Gasteiger partial charge in [-0.15, -0.1) is 0 Å². The van der Waals surface area contributed by atoms with E-state index in [1.165, 1.54) is 29.8 Å². The number of hydrogen-bond acceptors (Lipinski definition) is 11. The molecule has 1 saturated heterocycles. The van der Waals surface area contributed by atoms with Crippen molar-refractivity contribution in [3.63, 3.8) is 0 Å². The summed E-state index contributed by atoms with van der Waals surface area (Å²) in [6.07, 6.45) is -1.12. The van der Waals surface area contributed by atoms with Crippen molar-refractivity contribution in [1.29, 1.82) is 0 Å². The third-order valence-corrected chi connectivity index (χ3v) is 9.21. The lowest BCUT2D eigenvalue weighted by atomic mass is 9.96. The molecule has 1 aliphatic heterocycles. The van der Waals surface area contributed by atoms with E-state index in [1.807, 2.05) is 0 Å². The van der Waals surface area contributed by atoms with Gasteiger partial charge in [0.1, 0.15) is 29.7 Å². The van der Waals surface area contributed by atoms with E-state index in [4.69, 9.17) is 23.3 Å². The van der Waals surface area contributed by atoms with E-state index in [0.29, 0.717) is 12.8 Å². The Morgan fingerprint density at radius 1 is 1.26 bits per heavy atom. The number of aromatic amines is 1. The highest BCUT2D eigenvalue weighted by molar-refractivity contribution is 14.1. The normalized spacial score (nSPS) is 22.9. The van der Waals surface area contributed by atoms with Crippen molar-refractivity contribution in [2.75, 3.05) is 13.2 Å². The van der Waals surface area contributed by atoms with Gasteiger partial charge in [-0.1, -0.05) is 12.1 Å². The van der Waals surface area contributed by atoms with Crippen LogP contribution in [0.3, 0.4) is 0 Å². The van der Waals surface area contributed by atoms with Crippen LogP contribution < -0.4 is 20.9 Å². The summed E-state index contributed by atoms with van der Waals surface area (Å²) >= 11 is 1.79. The molecule has 230 valence electrons. The summed E-state index contributed by atoms with van der Waals surface area (Å²) in [7, 11) is -4.46. The number of aliphatic hydroxyl groups excluding tert-OH is 1. The van der Waals surface area contributed by atoms with Gasteiger partial charge in [0, 0.05) is 11.6 Å². The fourth-order valence-corrected chi connectivity index (χ4v) is 6.58. The maximum absolute atomic E-state index is 14.1. The molecule has 1 spiro atoms. The van der Waals surface area contributed by atoms with Crippen LogP contribution in [-0.2, 0) is 28.1 Å². The van der Waals surface area contributed by atoms with Crippen LogP contribution >= 0.6 is 30.3 Å². The van der Waals surface area contributed by atoms with Gasteiger partial charge in [-0.25, -0.2) is 14.2 Å². The molecule has 0 bridgehead atoms. The highest BCUT2D eigenvalue weighted by atomic mass is 127. The molecule has 4 rings (SSSR count). The van der Waals surface area contributed by atoms with Crippen molar-refractivity contribution in [3.05, 3.63) is 60.4 Å². The smallest absolute Gasteiger partial charge is 0.459 e. The minimum absolute atomic E-state index is 0.0245. The zero-order chi connectivity index (χ0) is 30.8. The summed E-state index contributed by atoms with van der Waals surface area (Å²) in [6, 6.07) is 4.77.